The van der Waals surface area contributed by atoms with Crippen LogP contribution < -0.4 is 4.90 Å². The lowest BCUT2D eigenvalue weighted by atomic mass is 10.2. The second-order valence-corrected chi connectivity index (χ2v) is 4.58. The highest BCUT2D eigenvalue weighted by Crippen LogP contribution is 2.14. The van der Waals surface area contributed by atoms with Gasteiger partial charge in [0.2, 0.25) is 0 Å². The molecule has 0 N–H and O–H groups in total. The van der Waals surface area contributed by atoms with Crippen LogP contribution in [-0.2, 0) is 4.74 Å². The van der Waals surface area contributed by atoms with Crippen molar-refractivity contribution in [1.29, 1.82) is 0 Å². The Balaban J connectivity index is 2.84. The summed E-state index contributed by atoms with van der Waals surface area (Å²) in [6.07, 6.45) is 0.125. The van der Waals surface area contributed by atoms with Crippen molar-refractivity contribution in [3.05, 3.63) is 23.9 Å². The third-order valence-electron chi connectivity index (χ3n) is 1.89. The lowest BCUT2D eigenvalue weighted by Crippen LogP contribution is -2.34. The number of amides is 1. The summed E-state index contributed by atoms with van der Waals surface area (Å²) >= 11 is 0. The van der Waals surface area contributed by atoms with E-state index >= 15 is 0 Å². The lowest BCUT2D eigenvalue weighted by molar-refractivity contribution is 0.0588. The molecule has 5 heteroatoms. The average Bonchev–Trinajstić information content (AvgIpc) is 2.26. The summed E-state index contributed by atoms with van der Waals surface area (Å²) in [6.45, 7) is 5.36. The van der Waals surface area contributed by atoms with E-state index in [1.54, 1.807) is 46.0 Å². The number of carbonyl (C=O) groups excluding carboxylic acids is 2. The number of nitrogens with zero attached hydrogens (tertiary/aromatic N) is 2. The van der Waals surface area contributed by atoms with Crippen molar-refractivity contribution in [1.82, 2.24) is 4.98 Å². The molecule has 5 nitrogen and oxygen atoms in total. The maximum absolute atomic E-state index is 11.7. The van der Waals surface area contributed by atoms with Gasteiger partial charge in [0.25, 0.3) is 0 Å². The minimum Gasteiger partial charge on any atom is -0.443 e. The summed E-state index contributed by atoms with van der Waals surface area (Å²) in [7, 11) is 1.55. The zero-order valence-electron chi connectivity index (χ0n) is 10.4. The zero-order chi connectivity index (χ0) is 13.1. The molecule has 0 fully saturated rings. The van der Waals surface area contributed by atoms with E-state index < -0.39 is 11.7 Å². The molecule has 0 bridgehead atoms. The van der Waals surface area contributed by atoms with Crippen molar-refractivity contribution in [2.45, 2.75) is 26.4 Å². The molecule has 1 rings (SSSR count). The van der Waals surface area contributed by atoms with Crippen molar-refractivity contribution >= 4 is 18.2 Å². The van der Waals surface area contributed by atoms with Crippen molar-refractivity contribution < 1.29 is 14.3 Å². The topological polar surface area (TPSA) is 59.5 Å². The van der Waals surface area contributed by atoms with Gasteiger partial charge in [-0.1, -0.05) is 6.07 Å². The molecule has 1 aromatic rings. The lowest BCUT2D eigenvalue weighted by Gasteiger charge is -2.24. The van der Waals surface area contributed by atoms with Gasteiger partial charge in [-0.15, -0.1) is 0 Å². The summed E-state index contributed by atoms with van der Waals surface area (Å²) in [5.41, 5.74) is -0.286. The first-order valence-electron chi connectivity index (χ1n) is 5.22. The van der Waals surface area contributed by atoms with Crippen LogP contribution >= 0.6 is 0 Å². The van der Waals surface area contributed by atoms with Gasteiger partial charge in [-0.05, 0) is 32.9 Å². The van der Waals surface area contributed by atoms with E-state index in [0.717, 1.165) is 0 Å². The van der Waals surface area contributed by atoms with Crippen LogP contribution in [-0.4, -0.2) is 30.0 Å². The van der Waals surface area contributed by atoms with Crippen LogP contribution in [0.5, 0.6) is 0 Å². The van der Waals surface area contributed by atoms with Gasteiger partial charge in [-0.25, -0.2) is 9.78 Å². The SMILES string of the molecule is CN(C(=O)OC(C)(C)C)c1cccc(C=O)n1. The number of ether oxygens (including phenoxy) is 1. The molecule has 92 valence electrons. The minimum atomic E-state index is -0.562. The van der Waals surface area contributed by atoms with Crippen LogP contribution in [0.15, 0.2) is 18.2 Å². The van der Waals surface area contributed by atoms with Gasteiger partial charge in [0.1, 0.15) is 17.1 Å². The molecule has 0 unspecified atom stereocenters. The van der Waals surface area contributed by atoms with E-state index in [-0.39, 0.29) is 5.69 Å². The Morgan fingerprint density at radius 1 is 1.41 bits per heavy atom. The van der Waals surface area contributed by atoms with E-state index in [1.165, 1.54) is 4.90 Å². The molecule has 0 saturated heterocycles. The molecule has 0 aliphatic carbocycles. The van der Waals surface area contributed by atoms with Crippen LogP contribution in [0.3, 0.4) is 0 Å². The number of rotatable bonds is 2. The van der Waals surface area contributed by atoms with Crippen molar-refractivity contribution in [3.63, 3.8) is 0 Å². The molecular weight excluding hydrogens is 220 g/mol. The van der Waals surface area contributed by atoms with Crippen LogP contribution in [0.25, 0.3) is 0 Å². The largest absolute Gasteiger partial charge is 0.443 e. The Hall–Kier alpha value is -1.91. The maximum atomic E-state index is 11.7. The maximum Gasteiger partial charge on any atom is 0.415 e. The molecule has 0 atom stereocenters. The van der Waals surface area contributed by atoms with Crippen LogP contribution in [0.4, 0.5) is 10.6 Å². The Bertz CT molecular complexity index is 424. The predicted molar refractivity (Wildman–Crippen MR) is 64.3 cm³/mol. The standard InChI is InChI=1S/C12H16N2O3/c1-12(2,3)17-11(16)14(4)10-7-5-6-9(8-15)13-10/h5-8H,1-4H3. The smallest absolute Gasteiger partial charge is 0.415 e. The van der Waals surface area contributed by atoms with Gasteiger partial charge in [0.05, 0.1) is 0 Å². The highest BCUT2D eigenvalue weighted by atomic mass is 16.6. The molecular formula is C12H16N2O3. The summed E-state index contributed by atoms with van der Waals surface area (Å²) in [5.74, 6) is 0.379. The summed E-state index contributed by atoms with van der Waals surface area (Å²) in [6, 6.07) is 4.86. The van der Waals surface area contributed by atoms with Crippen molar-refractivity contribution in [3.8, 4) is 0 Å². The van der Waals surface area contributed by atoms with Crippen molar-refractivity contribution in [2.75, 3.05) is 11.9 Å². The summed E-state index contributed by atoms with van der Waals surface area (Å²) < 4.78 is 5.19. The number of hydrogen-bond acceptors (Lipinski definition) is 4. The molecule has 0 radical (unpaired) electrons. The van der Waals surface area contributed by atoms with Gasteiger partial charge < -0.3 is 4.74 Å². The Kier molecular flexibility index (Phi) is 3.83. The van der Waals surface area contributed by atoms with Gasteiger partial charge in [-0.3, -0.25) is 9.69 Å². The van der Waals surface area contributed by atoms with Gasteiger partial charge in [-0.2, -0.15) is 0 Å². The van der Waals surface area contributed by atoms with Gasteiger partial charge >= 0.3 is 6.09 Å². The summed E-state index contributed by atoms with van der Waals surface area (Å²) in [4.78, 5) is 27.6. The molecule has 17 heavy (non-hydrogen) atoms. The first kappa shape index (κ1) is 13.2. The number of hydrogen-bond donors (Lipinski definition) is 0. The molecule has 1 aromatic heterocycles. The highest BCUT2D eigenvalue weighted by molar-refractivity contribution is 5.86. The number of aldehydes is 1. The average molecular weight is 236 g/mol. The fourth-order valence-corrected chi connectivity index (χ4v) is 1.12. The fourth-order valence-electron chi connectivity index (χ4n) is 1.12. The van der Waals surface area contributed by atoms with E-state index in [4.69, 9.17) is 4.74 Å². The molecule has 0 saturated carbocycles. The van der Waals surface area contributed by atoms with Crippen molar-refractivity contribution in [2.24, 2.45) is 0 Å². The van der Waals surface area contributed by atoms with E-state index in [9.17, 15) is 9.59 Å². The minimum absolute atomic E-state index is 0.276. The number of aromatic nitrogens is 1. The molecule has 0 aromatic carbocycles. The molecule has 0 aliphatic rings. The second-order valence-electron chi connectivity index (χ2n) is 4.58. The third kappa shape index (κ3) is 3.86. The van der Waals surface area contributed by atoms with Crippen LogP contribution in [0.1, 0.15) is 31.3 Å². The Morgan fingerprint density at radius 3 is 2.59 bits per heavy atom. The monoisotopic (exact) mass is 236 g/mol. The Labute approximate surface area is 100 Å². The molecule has 0 aliphatic heterocycles. The second kappa shape index (κ2) is 4.95. The quantitative estimate of drug-likeness (QED) is 0.739. The van der Waals surface area contributed by atoms with Gasteiger partial charge in [0.15, 0.2) is 6.29 Å². The number of carbonyl (C=O) groups is 2. The fraction of sp³-hybridized carbons (Fsp3) is 0.417. The molecule has 1 heterocycles. The van der Waals surface area contributed by atoms with E-state index in [0.29, 0.717) is 12.1 Å². The van der Waals surface area contributed by atoms with E-state index in [2.05, 4.69) is 4.98 Å². The number of anilines is 1. The summed E-state index contributed by atoms with van der Waals surface area (Å²) in [5, 5.41) is 0. The number of pyridine rings is 1. The van der Waals surface area contributed by atoms with Gasteiger partial charge in [0, 0.05) is 7.05 Å². The first-order chi connectivity index (χ1) is 7.83. The predicted octanol–water partition coefficient (Wildman–Crippen LogP) is 2.27. The normalized spacial score (nSPS) is 10.8. The van der Waals surface area contributed by atoms with Crippen LogP contribution in [0, 0.1) is 0 Å². The highest BCUT2D eigenvalue weighted by Gasteiger charge is 2.21. The Morgan fingerprint density at radius 2 is 2.06 bits per heavy atom. The van der Waals surface area contributed by atoms with E-state index in [1.807, 2.05) is 0 Å². The first-order valence-corrected chi connectivity index (χ1v) is 5.22. The zero-order valence-corrected chi connectivity index (χ0v) is 10.4. The van der Waals surface area contributed by atoms with Crippen LogP contribution in [0.2, 0.25) is 0 Å². The molecule has 0 spiro atoms. The third-order valence-corrected chi connectivity index (χ3v) is 1.89. The molecule has 1 amide bonds.